The van der Waals surface area contributed by atoms with E-state index >= 15 is 0 Å². The summed E-state index contributed by atoms with van der Waals surface area (Å²) in [5, 5.41) is 12.9. The molecular weight excluding hydrogens is 274 g/mol. The quantitative estimate of drug-likeness (QED) is 0.796. The Hall–Kier alpha value is -2.40. The maximum absolute atomic E-state index is 11.3. The Morgan fingerprint density at radius 2 is 2.10 bits per heavy atom. The molecule has 0 saturated heterocycles. The number of aromatic nitrogens is 1. The fourth-order valence-corrected chi connectivity index (χ4v) is 2.56. The highest BCUT2D eigenvalue weighted by molar-refractivity contribution is 7.07. The number of carboxylic acid groups (broad SMARTS) is 1. The summed E-state index contributed by atoms with van der Waals surface area (Å²) in [6.45, 7) is 0.262. The van der Waals surface area contributed by atoms with Crippen LogP contribution in [0.15, 0.2) is 47.3 Å². The Kier molecular flexibility index (Phi) is 3.35. The predicted octanol–water partition coefficient (Wildman–Crippen LogP) is 3.57. The molecule has 0 spiro atoms. The van der Waals surface area contributed by atoms with E-state index in [-0.39, 0.29) is 12.2 Å². The zero-order valence-electron chi connectivity index (χ0n) is 10.4. The zero-order valence-corrected chi connectivity index (χ0v) is 11.3. The number of nitrogens with zero attached hydrogens (tertiary/aromatic N) is 1. The molecule has 100 valence electrons. The van der Waals surface area contributed by atoms with Crippen molar-refractivity contribution in [3.8, 4) is 5.75 Å². The lowest BCUT2D eigenvalue weighted by atomic mass is 10.1. The SMILES string of the molecule is O=C(O)c1ccc2ccccc2c1OCc1cscn1. The minimum absolute atomic E-state index is 0.166. The number of carbonyl (C=O) groups is 1. The molecule has 2 aromatic carbocycles. The summed E-state index contributed by atoms with van der Waals surface area (Å²) < 4.78 is 5.72. The van der Waals surface area contributed by atoms with E-state index in [1.54, 1.807) is 17.6 Å². The Bertz CT molecular complexity index is 753. The molecule has 0 saturated carbocycles. The molecule has 1 heterocycles. The van der Waals surface area contributed by atoms with E-state index in [1.165, 1.54) is 11.3 Å². The molecule has 3 aromatic rings. The van der Waals surface area contributed by atoms with Crippen molar-refractivity contribution in [1.29, 1.82) is 0 Å². The molecule has 0 aliphatic rings. The van der Waals surface area contributed by atoms with Crippen LogP contribution < -0.4 is 4.74 Å². The van der Waals surface area contributed by atoms with Crippen LogP contribution in [0.25, 0.3) is 10.8 Å². The van der Waals surface area contributed by atoms with Gasteiger partial charge >= 0.3 is 5.97 Å². The number of ether oxygens (including phenoxy) is 1. The number of carboxylic acids is 1. The molecule has 5 heteroatoms. The van der Waals surface area contributed by atoms with Gasteiger partial charge in [0, 0.05) is 10.8 Å². The van der Waals surface area contributed by atoms with Crippen LogP contribution in [-0.4, -0.2) is 16.1 Å². The first-order chi connectivity index (χ1) is 9.75. The summed E-state index contributed by atoms with van der Waals surface area (Å²) in [7, 11) is 0. The molecule has 0 amide bonds. The number of benzene rings is 2. The third-order valence-corrected chi connectivity index (χ3v) is 3.59. The highest BCUT2D eigenvalue weighted by Crippen LogP contribution is 2.30. The molecule has 4 nitrogen and oxygen atoms in total. The van der Waals surface area contributed by atoms with Crippen molar-refractivity contribution in [3.63, 3.8) is 0 Å². The lowest BCUT2D eigenvalue weighted by molar-refractivity contribution is 0.0692. The molecular formula is C15H11NO3S. The molecule has 0 atom stereocenters. The lowest BCUT2D eigenvalue weighted by Gasteiger charge is -2.11. The van der Waals surface area contributed by atoms with E-state index in [2.05, 4.69) is 4.98 Å². The average Bonchev–Trinajstić information content (AvgIpc) is 2.97. The maximum Gasteiger partial charge on any atom is 0.339 e. The number of aromatic carboxylic acids is 1. The topological polar surface area (TPSA) is 59.4 Å². The van der Waals surface area contributed by atoms with Crippen LogP contribution in [0.2, 0.25) is 0 Å². The lowest BCUT2D eigenvalue weighted by Crippen LogP contribution is -2.04. The molecule has 1 aromatic heterocycles. The van der Waals surface area contributed by atoms with E-state index in [4.69, 9.17) is 4.74 Å². The molecule has 20 heavy (non-hydrogen) atoms. The van der Waals surface area contributed by atoms with Crippen molar-refractivity contribution in [3.05, 3.63) is 58.5 Å². The van der Waals surface area contributed by atoms with Gasteiger partial charge in [-0.1, -0.05) is 30.3 Å². The van der Waals surface area contributed by atoms with Gasteiger partial charge in [-0.3, -0.25) is 0 Å². The Balaban J connectivity index is 2.05. The third kappa shape index (κ3) is 2.35. The molecule has 0 radical (unpaired) electrons. The summed E-state index contributed by atoms with van der Waals surface area (Å²) in [4.78, 5) is 15.5. The molecule has 0 unspecified atom stereocenters. The zero-order chi connectivity index (χ0) is 13.9. The first-order valence-corrected chi connectivity index (χ1v) is 6.95. The fraction of sp³-hybridized carbons (Fsp3) is 0.0667. The molecule has 0 aliphatic carbocycles. The van der Waals surface area contributed by atoms with E-state index in [9.17, 15) is 9.90 Å². The van der Waals surface area contributed by atoms with Crippen molar-refractivity contribution in [2.45, 2.75) is 6.61 Å². The molecule has 1 N–H and O–H groups in total. The van der Waals surface area contributed by atoms with Gasteiger partial charge in [0.2, 0.25) is 0 Å². The second-order valence-corrected chi connectivity index (χ2v) is 4.96. The Labute approximate surface area is 119 Å². The number of fused-ring (bicyclic) bond motifs is 1. The second-order valence-electron chi connectivity index (χ2n) is 4.24. The van der Waals surface area contributed by atoms with Gasteiger partial charge in [-0.25, -0.2) is 9.78 Å². The monoisotopic (exact) mass is 285 g/mol. The van der Waals surface area contributed by atoms with E-state index in [0.29, 0.717) is 5.75 Å². The number of thiazole rings is 1. The van der Waals surface area contributed by atoms with Gasteiger partial charge in [-0.15, -0.1) is 11.3 Å². The summed E-state index contributed by atoms with van der Waals surface area (Å²) in [5.41, 5.74) is 2.68. The Morgan fingerprint density at radius 3 is 2.85 bits per heavy atom. The highest BCUT2D eigenvalue weighted by Gasteiger charge is 2.15. The number of rotatable bonds is 4. The van der Waals surface area contributed by atoms with Crippen LogP contribution in [0.4, 0.5) is 0 Å². The normalized spacial score (nSPS) is 10.6. The van der Waals surface area contributed by atoms with Crippen molar-refractivity contribution in [1.82, 2.24) is 4.98 Å². The van der Waals surface area contributed by atoms with Crippen molar-refractivity contribution in [2.75, 3.05) is 0 Å². The van der Waals surface area contributed by atoms with Gasteiger partial charge < -0.3 is 9.84 Å². The van der Waals surface area contributed by atoms with Gasteiger partial charge in [0.05, 0.1) is 11.2 Å². The van der Waals surface area contributed by atoms with E-state index in [0.717, 1.165) is 16.5 Å². The van der Waals surface area contributed by atoms with Gasteiger partial charge in [-0.2, -0.15) is 0 Å². The van der Waals surface area contributed by atoms with Gasteiger partial charge in [-0.05, 0) is 11.5 Å². The summed E-state index contributed by atoms with van der Waals surface area (Å²) in [5.74, 6) is -0.604. The maximum atomic E-state index is 11.3. The van der Waals surface area contributed by atoms with Crippen LogP contribution >= 0.6 is 11.3 Å². The largest absolute Gasteiger partial charge is 0.486 e. The van der Waals surface area contributed by atoms with Crippen molar-refractivity contribution in [2.24, 2.45) is 0 Å². The van der Waals surface area contributed by atoms with Crippen LogP contribution in [0.3, 0.4) is 0 Å². The first-order valence-electron chi connectivity index (χ1n) is 6.00. The molecule has 0 fully saturated rings. The summed E-state index contributed by atoms with van der Waals surface area (Å²) in [6.07, 6.45) is 0. The van der Waals surface area contributed by atoms with Crippen LogP contribution in [-0.2, 0) is 6.61 Å². The minimum atomic E-state index is -0.996. The van der Waals surface area contributed by atoms with Crippen LogP contribution in [0.5, 0.6) is 5.75 Å². The van der Waals surface area contributed by atoms with Crippen LogP contribution in [0.1, 0.15) is 16.1 Å². The van der Waals surface area contributed by atoms with Crippen molar-refractivity contribution >= 4 is 28.1 Å². The smallest absolute Gasteiger partial charge is 0.339 e. The fourth-order valence-electron chi connectivity index (χ4n) is 2.02. The summed E-state index contributed by atoms with van der Waals surface area (Å²) in [6, 6.07) is 10.9. The number of hydrogen-bond donors (Lipinski definition) is 1. The van der Waals surface area contributed by atoms with Gasteiger partial charge in [0.25, 0.3) is 0 Å². The third-order valence-electron chi connectivity index (χ3n) is 2.96. The number of hydrogen-bond acceptors (Lipinski definition) is 4. The standard InChI is InChI=1S/C15H11NO3S/c17-15(18)13-6-5-10-3-1-2-4-12(10)14(13)19-7-11-8-20-9-16-11/h1-6,8-9H,7H2,(H,17,18). The predicted molar refractivity (Wildman–Crippen MR) is 77.4 cm³/mol. The first kappa shape index (κ1) is 12.6. The van der Waals surface area contributed by atoms with Crippen LogP contribution in [0, 0.1) is 0 Å². The average molecular weight is 285 g/mol. The van der Waals surface area contributed by atoms with E-state index in [1.807, 2.05) is 29.6 Å². The van der Waals surface area contributed by atoms with Gasteiger partial charge in [0.15, 0.2) is 0 Å². The molecule has 3 rings (SSSR count). The van der Waals surface area contributed by atoms with Crippen molar-refractivity contribution < 1.29 is 14.6 Å². The minimum Gasteiger partial charge on any atom is -0.486 e. The molecule has 0 aliphatic heterocycles. The molecule has 0 bridgehead atoms. The van der Waals surface area contributed by atoms with E-state index < -0.39 is 5.97 Å². The van der Waals surface area contributed by atoms with Gasteiger partial charge in [0.1, 0.15) is 17.9 Å². The highest BCUT2D eigenvalue weighted by atomic mass is 32.1. The Morgan fingerprint density at radius 1 is 1.25 bits per heavy atom. The summed E-state index contributed by atoms with van der Waals surface area (Å²) >= 11 is 1.48. The second kappa shape index (κ2) is 5.30.